The highest BCUT2D eigenvalue weighted by molar-refractivity contribution is 14.1. The zero-order chi connectivity index (χ0) is 17.1. The maximum Gasteiger partial charge on any atom is 0.276 e. The van der Waals surface area contributed by atoms with Crippen LogP contribution in [0.25, 0.3) is 5.69 Å². The fourth-order valence-corrected chi connectivity index (χ4v) is 2.90. The van der Waals surface area contributed by atoms with Crippen LogP contribution in [-0.4, -0.2) is 25.8 Å². The Balaban J connectivity index is 1.82. The minimum Gasteiger partial charge on any atom is -0.504 e. The number of hydrogen-bond acceptors (Lipinski definition) is 4. The third-order valence-corrected chi connectivity index (χ3v) is 4.45. The van der Waals surface area contributed by atoms with Crippen LogP contribution in [0.4, 0.5) is 0 Å². The second-order valence-electron chi connectivity index (χ2n) is 5.24. The van der Waals surface area contributed by atoms with Gasteiger partial charge >= 0.3 is 0 Å². The monoisotopic (exact) mass is 434 g/mol. The molecule has 7 heteroatoms. The maximum absolute atomic E-state index is 12.4. The fraction of sp³-hybridized carbons (Fsp3) is 0.118. The van der Waals surface area contributed by atoms with Crippen molar-refractivity contribution in [3.8, 4) is 11.4 Å². The Morgan fingerprint density at radius 1 is 1.29 bits per heavy atom. The number of nitrogens with one attached hydrogen (secondary N) is 1. The molecule has 1 atom stereocenters. The first-order valence-corrected chi connectivity index (χ1v) is 8.38. The van der Waals surface area contributed by atoms with Gasteiger partial charge in [-0.05, 0) is 53.3 Å². The first-order valence-electron chi connectivity index (χ1n) is 7.30. The van der Waals surface area contributed by atoms with E-state index in [0.29, 0.717) is 0 Å². The van der Waals surface area contributed by atoms with Crippen LogP contribution in [0.5, 0.6) is 5.75 Å². The molecule has 0 aliphatic heterocycles. The largest absolute Gasteiger partial charge is 0.504 e. The average Bonchev–Trinajstić information content (AvgIpc) is 2.97. The highest BCUT2D eigenvalue weighted by Gasteiger charge is 2.20. The number of carbonyl (C=O) groups is 1. The molecular formula is C17H15IN4O2. The highest BCUT2D eigenvalue weighted by Crippen LogP contribution is 2.22. The second kappa shape index (κ2) is 7.00. The molecule has 1 unspecified atom stereocenters. The summed E-state index contributed by atoms with van der Waals surface area (Å²) < 4.78 is 2.47. The van der Waals surface area contributed by atoms with Gasteiger partial charge in [0.2, 0.25) is 0 Å². The van der Waals surface area contributed by atoms with Gasteiger partial charge < -0.3 is 10.4 Å². The van der Waals surface area contributed by atoms with Gasteiger partial charge in [0, 0.05) is 16.0 Å². The summed E-state index contributed by atoms with van der Waals surface area (Å²) in [6.45, 7) is 1.85. The summed E-state index contributed by atoms with van der Waals surface area (Å²) in [6, 6.07) is 11.0. The number of benzene rings is 1. The van der Waals surface area contributed by atoms with E-state index in [-0.39, 0.29) is 17.5 Å². The highest BCUT2D eigenvalue weighted by atomic mass is 127. The van der Waals surface area contributed by atoms with Crippen molar-refractivity contribution in [2.75, 3.05) is 0 Å². The van der Waals surface area contributed by atoms with E-state index in [1.807, 2.05) is 43.3 Å². The minimum atomic E-state index is -0.437. The van der Waals surface area contributed by atoms with Crippen molar-refractivity contribution in [1.82, 2.24) is 20.1 Å². The number of rotatable bonds is 4. The number of amides is 1. The van der Waals surface area contributed by atoms with Crippen molar-refractivity contribution in [2.24, 2.45) is 0 Å². The molecule has 0 radical (unpaired) electrons. The summed E-state index contributed by atoms with van der Waals surface area (Å²) in [4.78, 5) is 16.4. The predicted octanol–water partition coefficient (Wildman–Crippen LogP) is 3.07. The van der Waals surface area contributed by atoms with E-state index in [2.05, 4.69) is 38.0 Å². The van der Waals surface area contributed by atoms with Gasteiger partial charge in [-0.2, -0.15) is 5.10 Å². The quantitative estimate of drug-likeness (QED) is 0.619. The Labute approximate surface area is 152 Å². The molecule has 0 spiro atoms. The van der Waals surface area contributed by atoms with Gasteiger partial charge in [-0.1, -0.05) is 18.2 Å². The maximum atomic E-state index is 12.4. The lowest BCUT2D eigenvalue weighted by atomic mass is 10.1. The van der Waals surface area contributed by atoms with Crippen LogP contribution < -0.4 is 5.32 Å². The molecular weight excluding hydrogens is 419 g/mol. The lowest BCUT2D eigenvalue weighted by Crippen LogP contribution is -2.27. The number of pyridine rings is 1. The Hall–Kier alpha value is -2.42. The Bertz CT molecular complexity index is 864. The van der Waals surface area contributed by atoms with E-state index in [9.17, 15) is 9.90 Å². The molecule has 3 rings (SSSR count). The molecule has 2 heterocycles. The SMILES string of the molecule is CC(NC(=O)c1nn(-c2ccccc2I)cc1O)c1cccnc1. The molecule has 6 nitrogen and oxygen atoms in total. The van der Waals surface area contributed by atoms with Crippen LogP contribution in [0, 0.1) is 3.57 Å². The molecule has 2 N–H and O–H groups in total. The van der Waals surface area contributed by atoms with Crippen molar-refractivity contribution < 1.29 is 9.90 Å². The summed E-state index contributed by atoms with van der Waals surface area (Å²) in [5, 5.41) is 17.1. The molecule has 122 valence electrons. The van der Waals surface area contributed by atoms with Gasteiger partial charge in [-0.3, -0.25) is 9.78 Å². The summed E-state index contributed by atoms with van der Waals surface area (Å²) in [6.07, 6.45) is 4.80. The Kier molecular flexibility index (Phi) is 4.79. The van der Waals surface area contributed by atoms with Crippen LogP contribution in [0.15, 0.2) is 55.0 Å². The van der Waals surface area contributed by atoms with E-state index in [1.165, 1.54) is 10.9 Å². The summed E-state index contributed by atoms with van der Waals surface area (Å²) in [5.74, 6) is -0.598. The first-order chi connectivity index (χ1) is 11.6. The van der Waals surface area contributed by atoms with E-state index in [4.69, 9.17) is 0 Å². The fourth-order valence-electron chi connectivity index (χ4n) is 2.27. The number of aromatic hydroxyl groups is 1. The molecule has 0 saturated heterocycles. The minimum absolute atomic E-state index is 0.00890. The molecule has 2 aromatic heterocycles. The van der Waals surface area contributed by atoms with Gasteiger partial charge in [0.1, 0.15) is 0 Å². The molecule has 1 amide bonds. The summed E-state index contributed by atoms with van der Waals surface area (Å²) in [7, 11) is 0. The van der Waals surface area contributed by atoms with Gasteiger partial charge in [0.25, 0.3) is 5.91 Å². The molecule has 3 aromatic rings. The number of para-hydroxylation sites is 1. The number of halogens is 1. The van der Waals surface area contributed by atoms with E-state index >= 15 is 0 Å². The molecule has 0 aliphatic rings. The molecule has 0 aliphatic carbocycles. The van der Waals surface area contributed by atoms with Crippen LogP contribution >= 0.6 is 22.6 Å². The number of hydrogen-bond donors (Lipinski definition) is 2. The molecule has 0 fully saturated rings. The van der Waals surface area contributed by atoms with Gasteiger partial charge in [-0.15, -0.1) is 0 Å². The molecule has 0 saturated carbocycles. The second-order valence-corrected chi connectivity index (χ2v) is 6.40. The topological polar surface area (TPSA) is 80.0 Å². The first kappa shape index (κ1) is 16.4. The number of carbonyl (C=O) groups excluding carboxylic acids is 1. The standard InChI is InChI=1S/C17H15IN4O2/c1-11(12-5-4-8-19-9-12)20-17(24)16-15(23)10-22(21-16)14-7-3-2-6-13(14)18/h2-11,23H,1H3,(H,20,24). The van der Waals surface area contributed by atoms with Gasteiger partial charge in [-0.25, -0.2) is 4.68 Å². The van der Waals surface area contributed by atoms with Crippen molar-refractivity contribution in [1.29, 1.82) is 0 Å². The Morgan fingerprint density at radius 3 is 2.79 bits per heavy atom. The lowest BCUT2D eigenvalue weighted by Gasteiger charge is -2.12. The van der Waals surface area contributed by atoms with Crippen LogP contribution in [0.1, 0.15) is 29.0 Å². The van der Waals surface area contributed by atoms with Crippen molar-refractivity contribution in [3.05, 3.63) is 69.8 Å². The van der Waals surface area contributed by atoms with E-state index < -0.39 is 5.91 Å². The van der Waals surface area contributed by atoms with Gasteiger partial charge in [0.05, 0.1) is 17.9 Å². The summed E-state index contributed by atoms with van der Waals surface area (Å²) in [5.41, 5.74) is 1.67. The normalized spacial score (nSPS) is 11.9. The smallest absolute Gasteiger partial charge is 0.276 e. The summed E-state index contributed by atoms with van der Waals surface area (Å²) >= 11 is 2.18. The molecule has 24 heavy (non-hydrogen) atoms. The van der Waals surface area contributed by atoms with Gasteiger partial charge in [0.15, 0.2) is 11.4 Å². The zero-order valence-electron chi connectivity index (χ0n) is 12.8. The lowest BCUT2D eigenvalue weighted by molar-refractivity contribution is 0.0931. The van der Waals surface area contributed by atoms with Crippen molar-refractivity contribution in [2.45, 2.75) is 13.0 Å². The number of nitrogens with zero attached hydrogens (tertiary/aromatic N) is 3. The third kappa shape index (κ3) is 3.40. The third-order valence-electron chi connectivity index (χ3n) is 3.54. The van der Waals surface area contributed by atoms with Crippen molar-refractivity contribution >= 4 is 28.5 Å². The van der Waals surface area contributed by atoms with E-state index in [1.54, 1.807) is 12.4 Å². The Morgan fingerprint density at radius 2 is 2.08 bits per heavy atom. The van der Waals surface area contributed by atoms with Crippen LogP contribution in [-0.2, 0) is 0 Å². The molecule has 0 bridgehead atoms. The van der Waals surface area contributed by atoms with E-state index in [0.717, 1.165) is 14.8 Å². The average molecular weight is 434 g/mol. The van der Waals surface area contributed by atoms with Crippen LogP contribution in [0.3, 0.4) is 0 Å². The zero-order valence-corrected chi connectivity index (χ0v) is 15.0. The predicted molar refractivity (Wildman–Crippen MR) is 98.1 cm³/mol. The number of aromatic nitrogens is 3. The molecule has 1 aromatic carbocycles. The van der Waals surface area contributed by atoms with Crippen molar-refractivity contribution in [3.63, 3.8) is 0 Å². The van der Waals surface area contributed by atoms with Crippen LogP contribution in [0.2, 0.25) is 0 Å².